The third-order valence-corrected chi connectivity index (χ3v) is 4.63. The quantitative estimate of drug-likeness (QED) is 0.694. The van der Waals surface area contributed by atoms with E-state index in [0.717, 1.165) is 5.56 Å². The Balaban J connectivity index is 1.68. The van der Waals surface area contributed by atoms with Crippen LogP contribution in [-0.2, 0) is 9.59 Å². The number of amidine groups is 1. The van der Waals surface area contributed by atoms with E-state index < -0.39 is 5.97 Å². The van der Waals surface area contributed by atoms with Gasteiger partial charge >= 0.3 is 5.97 Å². The molecule has 0 unspecified atom stereocenters. The molecule has 1 heterocycles. The van der Waals surface area contributed by atoms with Gasteiger partial charge in [0.05, 0.1) is 25.0 Å². The summed E-state index contributed by atoms with van der Waals surface area (Å²) in [7, 11) is 1.57. The highest BCUT2D eigenvalue weighted by molar-refractivity contribution is 8.18. The number of thioether (sulfide) groups is 1. The predicted octanol–water partition coefficient (Wildman–Crippen LogP) is 3.44. The largest absolute Gasteiger partial charge is 0.494 e. The van der Waals surface area contributed by atoms with E-state index in [-0.39, 0.29) is 18.9 Å². The molecule has 8 heteroatoms. The molecule has 3 rings (SSSR count). The van der Waals surface area contributed by atoms with Gasteiger partial charge in [-0.3, -0.25) is 9.59 Å². The van der Waals surface area contributed by atoms with Crippen molar-refractivity contribution >= 4 is 40.6 Å². The lowest BCUT2D eigenvalue weighted by molar-refractivity contribution is -0.137. The molecule has 1 saturated heterocycles. The zero-order valence-corrected chi connectivity index (χ0v) is 15.9. The van der Waals surface area contributed by atoms with Crippen LogP contribution in [0.4, 0.5) is 5.69 Å². The number of carboxylic acid groups (broad SMARTS) is 1. The van der Waals surface area contributed by atoms with Crippen molar-refractivity contribution in [3.8, 4) is 11.5 Å². The summed E-state index contributed by atoms with van der Waals surface area (Å²) in [4.78, 5) is 27.7. The van der Waals surface area contributed by atoms with E-state index in [9.17, 15) is 9.59 Å². The molecule has 1 fully saturated rings. The van der Waals surface area contributed by atoms with E-state index in [0.29, 0.717) is 27.3 Å². The molecule has 0 bridgehead atoms. The van der Waals surface area contributed by atoms with E-state index in [1.807, 2.05) is 18.2 Å². The number of nitrogens with one attached hydrogen (secondary N) is 1. The number of aliphatic carboxylic acids is 1. The van der Waals surface area contributed by atoms with Gasteiger partial charge in [-0.15, -0.1) is 0 Å². The Hall–Kier alpha value is -3.26. The molecule has 1 aliphatic heterocycles. The molecule has 0 aromatic heterocycles. The Labute approximate surface area is 166 Å². The summed E-state index contributed by atoms with van der Waals surface area (Å²) in [5.74, 6) is 0.0720. The van der Waals surface area contributed by atoms with Crippen LogP contribution in [0.15, 0.2) is 58.4 Å². The maximum Gasteiger partial charge on any atom is 0.306 e. The van der Waals surface area contributed by atoms with Crippen LogP contribution in [0.25, 0.3) is 6.08 Å². The SMILES string of the molecule is COc1ccccc1N=C1NC(=O)/C(=C\c2ccc(OCCC(=O)O)cc2)S1. The van der Waals surface area contributed by atoms with Crippen molar-refractivity contribution in [2.24, 2.45) is 4.99 Å². The number of aliphatic imine (C=N–C) groups is 1. The van der Waals surface area contributed by atoms with Crippen molar-refractivity contribution in [3.63, 3.8) is 0 Å². The minimum absolute atomic E-state index is 0.0586. The number of carbonyl (C=O) groups is 2. The van der Waals surface area contributed by atoms with Crippen molar-refractivity contribution < 1.29 is 24.2 Å². The Morgan fingerprint density at radius 1 is 1.21 bits per heavy atom. The standard InChI is InChI=1S/C20H18N2O5S/c1-26-16-5-3-2-4-15(16)21-20-22-19(25)17(28-20)12-13-6-8-14(9-7-13)27-11-10-18(23)24/h2-9,12H,10-11H2,1H3,(H,23,24)(H,21,22,25)/b17-12+. The average molecular weight is 398 g/mol. The van der Waals surface area contributed by atoms with Gasteiger partial charge < -0.3 is 19.9 Å². The number of para-hydroxylation sites is 2. The predicted molar refractivity (Wildman–Crippen MR) is 108 cm³/mol. The molecule has 1 aliphatic rings. The number of carbonyl (C=O) groups excluding carboxylic acids is 1. The summed E-state index contributed by atoms with van der Waals surface area (Å²) in [6, 6.07) is 14.4. The van der Waals surface area contributed by atoms with E-state index in [1.165, 1.54) is 11.8 Å². The number of ether oxygens (including phenoxy) is 2. The number of methoxy groups -OCH3 is 1. The number of benzene rings is 2. The number of carboxylic acids is 1. The number of amides is 1. The van der Waals surface area contributed by atoms with Gasteiger partial charge in [0.2, 0.25) is 0 Å². The second kappa shape index (κ2) is 9.09. The fourth-order valence-electron chi connectivity index (χ4n) is 2.38. The number of hydrogen-bond acceptors (Lipinski definition) is 6. The Kier molecular flexibility index (Phi) is 6.33. The second-order valence-corrected chi connectivity index (χ2v) is 6.75. The van der Waals surface area contributed by atoms with Gasteiger partial charge in [-0.05, 0) is 47.7 Å². The minimum Gasteiger partial charge on any atom is -0.494 e. The van der Waals surface area contributed by atoms with E-state index >= 15 is 0 Å². The summed E-state index contributed by atoms with van der Waals surface area (Å²) in [5.41, 5.74) is 1.46. The lowest BCUT2D eigenvalue weighted by Crippen LogP contribution is -2.19. The van der Waals surface area contributed by atoms with Crippen molar-refractivity contribution in [1.82, 2.24) is 5.32 Å². The summed E-state index contributed by atoms with van der Waals surface area (Å²) in [5, 5.41) is 11.8. The van der Waals surface area contributed by atoms with E-state index in [1.54, 1.807) is 43.5 Å². The van der Waals surface area contributed by atoms with Crippen LogP contribution in [0.1, 0.15) is 12.0 Å². The molecule has 144 valence electrons. The Morgan fingerprint density at radius 2 is 1.96 bits per heavy atom. The molecule has 2 aromatic rings. The van der Waals surface area contributed by atoms with Gasteiger partial charge in [-0.2, -0.15) is 0 Å². The van der Waals surface area contributed by atoms with Crippen LogP contribution in [0.3, 0.4) is 0 Å². The second-order valence-electron chi connectivity index (χ2n) is 5.71. The van der Waals surface area contributed by atoms with Crippen molar-refractivity contribution in [2.75, 3.05) is 13.7 Å². The molecule has 0 radical (unpaired) electrons. The maximum absolute atomic E-state index is 12.2. The molecule has 0 spiro atoms. The third-order valence-electron chi connectivity index (χ3n) is 3.72. The molecule has 0 atom stereocenters. The molecule has 0 aliphatic carbocycles. The molecule has 28 heavy (non-hydrogen) atoms. The molecule has 1 amide bonds. The fraction of sp³-hybridized carbons (Fsp3) is 0.150. The lowest BCUT2D eigenvalue weighted by atomic mass is 10.2. The first-order chi connectivity index (χ1) is 13.5. The van der Waals surface area contributed by atoms with Gasteiger partial charge in [0, 0.05) is 0 Å². The van der Waals surface area contributed by atoms with Crippen LogP contribution < -0.4 is 14.8 Å². The molecule has 2 N–H and O–H groups in total. The van der Waals surface area contributed by atoms with E-state index in [4.69, 9.17) is 14.6 Å². The summed E-state index contributed by atoms with van der Waals surface area (Å²) in [6.07, 6.45) is 1.70. The highest BCUT2D eigenvalue weighted by Gasteiger charge is 2.24. The molecule has 2 aromatic carbocycles. The van der Waals surface area contributed by atoms with Gasteiger partial charge in [-0.1, -0.05) is 24.3 Å². The number of hydrogen-bond donors (Lipinski definition) is 2. The summed E-state index contributed by atoms with van der Waals surface area (Å²) >= 11 is 1.25. The summed E-state index contributed by atoms with van der Waals surface area (Å²) < 4.78 is 10.6. The maximum atomic E-state index is 12.2. The normalized spacial score (nSPS) is 16.2. The monoisotopic (exact) mass is 398 g/mol. The highest BCUT2D eigenvalue weighted by Crippen LogP contribution is 2.32. The van der Waals surface area contributed by atoms with Gasteiger partial charge in [-0.25, -0.2) is 4.99 Å². The topological polar surface area (TPSA) is 97.2 Å². The van der Waals surface area contributed by atoms with Crippen LogP contribution >= 0.6 is 11.8 Å². The Bertz CT molecular complexity index is 938. The smallest absolute Gasteiger partial charge is 0.306 e. The van der Waals surface area contributed by atoms with Crippen molar-refractivity contribution in [2.45, 2.75) is 6.42 Å². The first-order valence-corrected chi connectivity index (χ1v) is 9.24. The van der Waals surface area contributed by atoms with Gasteiger partial charge in [0.1, 0.15) is 17.2 Å². The van der Waals surface area contributed by atoms with Crippen LogP contribution in [0, 0.1) is 0 Å². The minimum atomic E-state index is -0.906. The zero-order chi connectivity index (χ0) is 19.9. The van der Waals surface area contributed by atoms with Crippen molar-refractivity contribution in [3.05, 3.63) is 59.0 Å². The molecule has 7 nitrogen and oxygen atoms in total. The molecule has 0 saturated carbocycles. The number of nitrogens with zero attached hydrogens (tertiary/aromatic N) is 1. The molecular weight excluding hydrogens is 380 g/mol. The highest BCUT2D eigenvalue weighted by atomic mass is 32.2. The van der Waals surface area contributed by atoms with Crippen molar-refractivity contribution in [1.29, 1.82) is 0 Å². The van der Waals surface area contributed by atoms with E-state index in [2.05, 4.69) is 10.3 Å². The molecular formula is C20H18N2O5S. The lowest BCUT2D eigenvalue weighted by Gasteiger charge is -2.04. The van der Waals surface area contributed by atoms with Gasteiger partial charge in [0.25, 0.3) is 5.91 Å². The number of rotatable bonds is 7. The van der Waals surface area contributed by atoms with Crippen LogP contribution in [0.2, 0.25) is 0 Å². The zero-order valence-electron chi connectivity index (χ0n) is 15.0. The van der Waals surface area contributed by atoms with Crippen LogP contribution in [-0.4, -0.2) is 35.9 Å². The average Bonchev–Trinajstić information content (AvgIpc) is 3.02. The Morgan fingerprint density at radius 3 is 2.68 bits per heavy atom. The first kappa shape index (κ1) is 19.5. The van der Waals surface area contributed by atoms with Crippen LogP contribution in [0.5, 0.6) is 11.5 Å². The third kappa shape index (κ3) is 5.14. The fourth-order valence-corrected chi connectivity index (χ4v) is 3.21. The summed E-state index contributed by atoms with van der Waals surface area (Å²) in [6.45, 7) is 0.108. The van der Waals surface area contributed by atoms with Gasteiger partial charge in [0.15, 0.2) is 5.17 Å². The first-order valence-electron chi connectivity index (χ1n) is 8.42.